The Labute approximate surface area is 123 Å². The molecule has 0 unspecified atom stereocenters. The van der Waals surface area contributed by atoms with Gasteiger partial charge >= 0.3 is 0 Å². The van der Waals surface area contributed by atoms with Gasteiger partial charge in [-0.15, -0.1) is 12.4 Å². The van der Waals surface area contributed by atoms with Gasteiger partial charge in [-0.2, -0.15) is 0 Å². The average Bonchev–Trinajstić information content (AvgIpc) is 2.90. The highest BCUT2D eigenvalue weighted by Gasteiger charge is 2.00. The predicted molar refractivity (Wildman–Crippen MR) is 82.1 cm³/mol. The topological polar surface area (TPSA) is 94.3 Å². The first kappa shape index (κ1) is 15.7. The Bertz CT molecular complexity index is 594. The summed E-state index contributed by atoms with van der Waals surface area (Å²) < 4.78 is 5.11. The third-order valence-electron chi connectivity index (χ3n) is 2.54. The molecule has 5 N–H and O–H groups in total. The third-order valence-corrected chi connectivity index (χ3v) is 2.54. The highest BCUT2D eigenvalue weighted by molar-refractivity contribution is 5.92. The molecule has 0 aliphatic heterocycles. The molecule has 1 heterocycles. The Morgan fingerprint density at radius 1 is 1.30 bits per heavy atom. The van der Waals surface area contributed by atoms with Crippen molar-refractivity contribution < 1.29 is 9.21 Å². The van der Waals surface area contributed by atoms with Gasteiger partial charge in [0, 0.05) is 17.5 Å². The first-order valence-electron chi connectivity index (χ1n) is 5.78. The SMILES string of the molecule is Cl.Nc1ccc(N)c(/C=C/C(=O)NCc2ccco2)c1. The lowest BCUT2D eigenvalue weighted by Crippen LogP contribution is -2.19. The van der Waals surface area contributed by atoms with Crippen LogP contribution in [0, 0.1) is 0 Å². The fourth-order valence-corrected chi connectivity index (χ4v) is 1.55. The Kier molecular flexibility index (Phi) is 5.68. The Morgan fingerprint density at radius 2 is 2.10 bits per heavy atom. The van der Waals surface area contributed by atoms with Gasteiger partial charge in [-0.3, -0.25) is 4.79 Å². The maximum atomic E-state index is 11.6. The zero-order chi connectivity index (χ0) is 13.7. The summed E-state index contributed by atoms with van der Waals surface area (Å²) in [6.07, 6.45) is 4.60. The number of amides is 1. The number of nitrogens with one attached hydrogen (secondary N) is 1. The summed E-state index contributed by atoms with van der Waals surface area (Å²) >= 11 is 0. The molecule has 5 nitrogen and oxygen atoms in total. The molecule has 0 radical (unpaired) electrons. The highest BCUT2D eigenvalue weighted by atomic mass is 35.5. The van der Waals surface area contributed by atoms with Crippen molar-refractivity contribution in [3.8, 4) is 0 Å². The number of anilines is 2. The molecule has 0 saturated heterocycles. The normalized spacial score (nSPS) is 10.2. The average molecular weight is 294 g/mol. The Hall–Kier alpha value is -2.40. The van der Waals surface area contributed by atoms with E-state index in [2.05, 4.69) is 5.32 Å². The van der Waals surface area contributed by atoms with E-state index >= 15 is 0 Å². The van der Waals surface area contributed by atoms with Crippen molar-refractivity contribution >= 4 is 35.8 Å². The Morgan fingerprint density at radius 3 is 2.80 bits per heavy atom. The molecule has 0 saturated carbocycles. The first-order valence-corrected chi connectivity index (χ1v) is 5.78. The number of furan rings is 1. The number of rotatable bonds is 4. The highest BCUT2D eigenvalue weighted by Crippen LogP contribution is 2.16. The summed E-state index contributed by atoms with van der Waals surface area (Å²) in [4.78, 5) is 11.6. The predicted octanol–water partition coefficient (Wildman–Crippen LogP) is 2.20. The van der Waals surface area contributed by atoms with Crippen LogP contribution < -0.4 is 16.8 Å². The zero-order valence-corrected chi connectivity index (χ0v) is 11.5. The zero-order valence-electron chi connectivity index (χ0n) is 10.7. The van der Waals surface area contributed by atoms with Crippen molar-refractivity contribution in [3.05, 3.63) is 54.0 Å². The molecular formula is C14H16ClN3O2. The largest absolute Gasteiger partial charge is 0.467 e. The van der Waals surface area contributed by atoms with Crippen LogP contribution in [0.4, 0.5) is 11.4 Å². The molecule has 1 amide bonds. The molecule has 1 aromatic heterocycles. The van der Waals surface area contributed by atoms with E-state index in [0.717, 1.165) is 0 Å². The Balaban J connectivity index is 0.00000200. The number of benzene rings is 1. The van der Waals surface area contributed by atoms with Crippen LogP contribution in [0.1, 0.15) is 11.3 Å². The monoisotopic (exact) mass is 293 g/mol. The van der Waals surface area contributed by atoms with E-state index < -0.39 is 0 Å². The molecule has 0 fully saturated rings. The van der Waals surface area contributed by atoms with E-state index in [1.807, 2.05) is 0 Å². The van der Waals surface area contributed by atoms with Crippen molar-refractivity contribution in [2.45, 2.75) is 6.54 Å². The molecule has 0 bridgehead atoms. The number of carbonyl (C=O) groups excluding carboxylic acids is 1. The third kappa shape index (κ3) is 4.37. The van der Waals surface area contributed by atoms with E-state index in [1.165, 1.54) is 6.08 Å². The number of carbonyl (C=O) groups is 1. The van der Waals surface area contributed by atoms with E-state index in [9.17, 15) is 4.79 Å². The van der Waals surface area contributed by atoms with Gasteiger partial charge in [0.25, 0.3) is 0 Å². The fourth-order valence-electron chi connectivity index (χ4n) is 1.55. The van der Waals surface area contributed by atoms with Gasteiger partial charge in [0.2, 0.25) is 5.91 Å². The first-order chi connectivity index (χ1) is 9.15. The van der Waals surface area contributed by atoms with Crippen LogP contribution in [0.25, 0.3) is 6.08 Å². The molecule has 20 heavy (non-hydrogen) atoms. The number of halogens is 1. The lowest BCUT2D eigenvalue weighted by atomic mass is 10.1. The van der Waals surface area contributed by atoms with Crippen molar-refractivity contribution in [3.63, 3.8) is 0 Å². The number of hydrogen-bond acceptors (Lipinski definition) is 4. The lowest BCUT2D eigenvalue weighted by molar-refractivity contribution is -0.116. The number of nitrogens with two attached hydrogens (primary N) is 2. The second-order valence-corrected chi connectivity index (χ2v) is 4.02. The molecule has 6 heteroatoms. The van der Waals surface area contributed by atoms with Gasteiger partial charge in [-0.1, -0.05) is 0 Å². The quantitative estimate of drug-likeness (QED) is 0.595. The summed E-state index contributed by atoms with van der Waals surface area (Å²) in [5.41, 5.74) is 13.3. The smallest absolute Gasteiger partial charge is 0.244 e. The second kappa shape index (κ2) is 7.25. The molecule has 2 rings (SSSR count). The maximum absolute atomic E-state index is 11.6. The van der Waals surface area contributed by atoms with Gasteiger partial charge in [-0.05, 0) is 42.0 Å². The summed E-state index contributed by atoms with van der Waals surface area (Å²) in [6.45, 7) is 0.350. The summed E-state index contributed by atoms with van der Waals surface area (Å²) in [5, 5.41) is 2.70. The molecule has 2 aromatic rings. The minimum absolute atomic E-state index is 0. The van der Waals surface area contributed by atoms with Crippen molar-refractivity contribution in [2.24, 2.45) is 0 Å². The maximum Gasteiger partial charge on any atom is 0.244 e. The fraction of sp³-hybridized carbons (Fsp3) is 0.0714. The van der Waals surface area contributed by atoms with Crippen LogP contribution >= 0.6 is 12.4 Å². The van der Waals surface area contributed by atoms with Crippen LogP contribution in [-0.4, -0.2) is 5.91 Å². The van der Waals surface area contributed by atoms with Crippen LogP contribution in [-0.2, 0) is 11.3 Å². The molecule has 0 atom stereocenters. The molecule has 0 spiro atoms. The number of nitrogen functional groups attached to an aromatic ring is 2. The van der Waals surface area contributed by atoms with E-state index in [1.54, 1.807) is 42.7 Å². The van der Waals surface area contributed by atoms with E-state index in [-0.39, 0.29) is 18.3 Å². The van der Waals surface area contributed by atoms with Crippen molar-refractivity contribution in [1.29, 1.82) is 0 Å². The molecular weight excluding hydrogens is 278 g/mol. The van der Waals surface area contributed by atoms with Crippen LogP contribution in [0.5, 0.6) is 0 Å². The molecule has 0 aliphatic rings. The van der Waals surface area contributed by atoms with Gasteiger partial charge < -0.3 is 21.2 Å². The van der Waals surface area contributed by atoms with Crippen LogP contribution in [0.15, 0.2) is 47.1 Å². The van der Waals surface area contributed by atoms with Crippen LogP contribution in [0.3, 0.4) is 0 Å². The van der Waals surface area contributed by atoms with E-state index in [4.69, 9.17) is 15.9 Å². The van der Waals surface area contributed by atoms with Gasteiger partial charge in [-0.25, -0.2) is 0 Å². The standard InChI is InChI=1S/C14H15N3O2.ClH/c15-11-4-5-13(16)10(8-11)3-6-14(18)17-9-12-2-1-7-19-12;/h1-8H,9,15-16H2,(H,17,18);1H/b6-3+;. The minimum atomic E-state index is -0.224. The van der Waals surface area contributed by atoms with Gasteiger partial charge in [0.05, 0.1) is 12.8 Å². The number of hydrogen-bond donors (Lipinski definition) is 3. The second-order valence-electron chi connectivity index (χ2n) is 4.02. The van der Waals surface area contributed by atoms with Gasteiger partial charge in [0.15, 0.2) is 0 Å². The lowest BCUT2D eigenvalue weighted by Gasteiger charge is -2.02. The summed E-state index contributed by atoms with van der Waals surface area (Å²) in [6, 6.07) is 8.69. The summed E-state index contributed by atoms with van der Waals surface area (Å²) in [7, 11) is 0. The minimum Gasteiger partial charge on any atom is -0.467 e. The van der Waals surface area contributed by atoms with Gasteiger partial charge in [0.1, 0.15) is 5.76 Å². The van der Waals surface area contributed by atoms with Crippen LogP contribution in [0.2, 0.25) is 0 Å². The van der Waals surface area contributed by atoms with E-state index in [0.29, 0.717) is 29.2 Å². The molecule has 106 valence electrons. The molecule has 0 aliphatic carbocycles. The van der Waals surface area contributed by atoms with Crippen molar-refractivity contribution in [1.82, 2.24) is 5.32 Å². The molecule has 1 aromatic carbocycles. The van der Waals surface area contributed by atoms with Crippen molar-refractivity contribution in [2.75, 3.05) is 11.5 Å². The summed E-state index contributed by atoms with van der Waals surface area (Å²) in [5.74, 6) is 0.475.